The molecule has 0 bridgehead atoms. The normalized spacial score (nSPS) is 10.3. The Labute approximate surface area is 120 Å². The summed E-state index contributed by atoms with van der Waals surface area (Å²) in [7, 11) is 1.39. The summed E-state index contributed by atoms with van der Waals surface area (Å²) >= 11 is 11.7. The molecule has 0 aromatic heterocycles. The molecule has 7 heteroatoms. The van der Waals surface area contributed by atoms with Gasteiger partial charge in [0.1, 0.15) is 6.61 Å². The van der Waals surface area contributed by atoms with Crippen molar-refractivity contribution in [3.05, 3.63) is 28.2 Å². The third-order valence-corrected chi connectivity index (χ3v) is 3.07. The van der Waals surface area contributed by atoms with E-state index in [1.165, 1.54) is 18.1 Å². The molecular weight excluding hydrogens is 293 g/mol. The van der Waals surface area contributed by atoms with Crippen molar-refractivity contribution in [2.45, 2.75) is 6.42 Å². The Bertz CT molecular complexity index is 479. The first-order valence-corrected chi connectivity index (χ1v) is 6.17. The van der Waals surface area contributed by atoms with Gasteiger partial charge in [-0.25, -0.2) is 0 Å². The highest BCUT2D eigenvalue weighted by Gasteiger charge is 2.17. The van der Waals surface area contributed by atoms with Crippen LogP contribution in [0, 0.1) is 0 Å². The summed E-state index contributed by atoms with van der Waals surface area (Å²) in [5, 5.41) is 9.36. The largest absolute Gasteiger partial charge is 0.481 e. The number of hydrogen-bond acceptors (Lipinski definition) is 3. The van der Waals surface area contributed by atoms with Gasteiger partial charge in [0.05, 0.1) is 16.5 Å². The van der Waals surface area contributed by atoms with Gasteiger partial charge in [-0.05, 0) is 18.2 Å². The number of carbonyl (C=O) groups is 2. The van der Waals surface area contributed by atoms with Gasteiger partial charge in [-0.15, -0.1) is 0 Å². The Morgan fingerprint density at radius 2 is 2.00 bits per heavy atom. The number of carboxylic acids is 1. The zero-order chi connectivity index (χ0) is 14.4. The molecule has 1 amide bonds. The first-order chi connectivity index (χ1) is 8.95. The van der Waals surface area contributed by atoms with E-state index in [0.717, 1.165) is 0 Å². The SMILES string of the molecule is COCC(=O)N(CCC(=O)O)c1ccc(Cl)c(Cl)c1. The van der Waals surface area contributed by atoms with Crippen molar-refractivity contribution in [3.63, 3.8) is 0 Å². The van der Waals surface area contributed by atoms with E-state index < -0.39 is 5.97 Å². The van der Waals surface area contributed by atoms with Crippen molar-refractivity contribution in [1.82, 2.24) is 0 Å². The monoisotopic (exact) mass is 305 g/mol. The molecule has 1 rings (SSSR count). The minimum Gasteiger partial charge on any atom is -0.481 e. The predicted octanol–water partition coefficient (Wildman–Crippen LogP) is 2.45. The Hall–Kier alpha value is -1.30. The summed E-state index contributed by atoms with van der Waals surface area (Å²) < 4.78 is 4.77. The average molecular weight is 306 g/mol. The van der Waals surface area contributed by atoms with Crippen molar-refractivity contribution < 1.29 is 19.4 Å². The number of halogens is 2. The number of ether oxygens (including phenoxy) is 1. The molecule has 0 spiro atoms. The van der Waals surface area contributed by atoms with E-state index in [0.29, 0.717) is 15.7 Å². The van der Waals surface area contributed by atoms with Crippen LogP contribution in [0.15, 0.2) is 18.2 Å². The number of aliphatic carboxylic acids is 1. The van der Waals surface area contributed by atoms with Crippen molar-refractivity contribution >= 4 is 40.8 Å². The molecule has 1 aromatic carbocycles. The second kappa shape index (κ2) is 7.33. The molecule has 0 aliphatic carbocycles. The average Bonchev–Trinajstić information content (AvgIpc) is 2.33. The summed E-state index contributed by atoms with van der Waals surface area (Å²) in [5.41, 5.74) is 0.484. The fourth-order valence-corrected chi connectivity index (χ4v) is 1.75. The standard InChI is InChI=1S/C12H13Cl2NO4/c1-19-7-11(16)15(5-4-12(17)18)8-2-3-9(13)10(14)6-8/h2-3,6H,4-5,7H2,1H3,(H,17,18). The molecule has 0 aliphatic rings. The molecule has 0 saturated heterocycles. The lowest BCUT2D eigenvalue weighted by molar-refractivity contribution is -0.136. The fourth-order valence-electron chi connectivity index (χ4n) is 1.46. The number of rotatable bonds is 6. The molecule has 0 atom stereocenters. The second-order valence-corrected chi connectivity index (χ2v) is 4.53. The smallest absolute Gasteiger partial charge is 0.305 e. The number of anilines is 1. The Kier molecular flexibility index (Phi) is 6.08. The van der Waals surface area contributed by atoms with Gasteiger partial charge >= 0.3 is 5.97 Å². The summed E-state index contributed by atoms with van der Waals surface area (Å²) in [6.45, 7) is -0.102. The number of carbonyl (C=O) groups excluding carboxylic acids is 1. The molecule has 104 valence electrons. The van der Waals surface area contributed by atoms with Crippen LogP contribution < -0.4 is 4.90 Å². The highest BCUT2D eigenvalue weighted by atomic mass is 35.5. The molecule has 0 heterocycles. The lowest BCUT2D eigenvalue weighted by Crippen LogP contribution is -2.35. The van der Waals surface area contributed by atoms with E-state index in [1.54, 1.807) is 12.1 Å². The van der Waals surface area contributed by atoms with Gasteiger partial charge in [0.15, 0.2) is 0 Å². The first kappa shape index (κ1) is 15.8. The summed E-state index contributed by atoms with van der Waals surface area (Å²) in [6.07, 6.45) is -0.171. The van der Waals surface area contributed by atoms with E-state index in [1.807, 2.05) is 0 Å². The Morgan fingerprint density at radius 3 is 2.53 bits per heavy atom. The van der Waals surface area contributed by atoms with E-state index in [2.05, 4.69) is 0 Å². The quantitative estimate of drug-likeness (QED) is 0.876. The van der Waals surface area contributed by atoms with Crippen LogP contribution in [0.3, 0.4) is 0 Å². The van der Waals surface area contributed by atoms with Gasteiger partial charge in [0.2, 0.25) is 0 Å². The zero-order valence-corrected chi connectivity index (χ0v) is 11.7. The van der Waals surface area contributed by atoms with Crippen LogP contribution in [-0.4, -0.2) is 37.2 Å². The maximum Gasteiger partial charge on any atom is 0.305 e. The number of benzene rings is 1. The number of carboxylic acid groups (broad SMARTS) is 1. The predicted molar refractivity (Wildman–Crippen MR) is 72.9 cm³/mol. The van der Waals surface area contributed by atoms with Crippen LogP contribution in [0.4, 0.5) is 5.69 Å². The molecule has 0 fully saturated rings. The molecule has 1 N–H and O–H groups in total. The van der Waals surface area contributed by atoms with Crippen molar-refractivity contribution in [2.75, 3.05) is 25.2 Å². The van der Waals surface area contributed by atoms with Crippen LogP contribution in [-0.2, 0) is 14.3 Å². The molecular formula is C12H13Cl2NO4. The zero-order valence-electron chi connectivity index (χ0n) is 10.2. The van der Waals surface area contributed by atoms with Gasteiger partial charge in [0, 0.05) is 19.3 Å². The van der Waals surface area contributed by atoms with Crippen LogP contribution in [0.2, 0.25) is 10.0 Å². The van der Waals surface area contributed by atoms with Crippen molar-refractivity contribution in [3.8, 4) is 0 Å². The number of hydrogen-bond donors (Lipinski definition) is 1. The minimum atomic E-state index is -0.990. The third-order valence-electron chi connectivity index (χ3n) is 2.33. The summed E-state index contributed by atoms with van der Waals surface area (Å²) in [5.74, 6) is -1.34. The first-order valence-electron chi connectivity index (χ1n) is 5.42. The van der Waals surface area contributed by atoms with Crippen molar-refractivity contribution in [2.24, 2.45) is 0 Å². The van der Waals surface area contributed by atoms with Gasteiger partial charge in [-0.2, -0.15) is 0 Å². The van der Waals surface area contributed by atoms with Gasteiger partial charge in [0.25, 0.3) is 5.91 Å². The van der Waals surface area contributed by atoms with E-state index in [4.69, 9.17) is 33.0 Å². The minimum absolute atomic E-state index is 0.0372. The van der Waals surface area contributed by atoms with Gasteiger partial charge < -0.3 is 14.7 Å². The molecule has 0 radical (unpaired) electrons. The second-order valence-electron chi connectivity index (χ2n) is 3.72. The number of methoxy groups -OCH3 is 1. The molecule has 5 nitrogen and oxygen atoms in total. The van der Waals surface area contributed by atoms with Gasteiger partial charge in [-0.3, -0.25) is 9.59 Å². The van der Waals surface area contributed by atoms with E-state index in [-0.39, 0.29) is 25.5 Å². The lowest BCUT2D eigenvalue weighted by Gasteiger charge is -2.22. The molecule has 1 aromatic rings. The van der Waals surface area contributed by atoms with E-state index >= 15 is 0 Å². The molecule has 19 heavy (non-hydrogen) atoms. The molecule has 0 unspecified atom stereocenters. The maximum absolute atomic E-state index is 11.9. The van der Waals surface area contributed by atoms with Crippen LogP contribution in [0.5, 0.6) is 0 Å². The number of amides is 1. The highest BCUT2D eigenvalue weighted by Crippen LogP contribution is 2.27. The third kappa shape index (κ3) is 4.70. The van der Waals surface area contributed by atoms with Gasteiger partial charge in [-0.1, -0.05) is 23.2 Å². The van der Waals surface area contributed by atoms with Crippen LogP contribution in [0.25, 0.3) is 0 Å². The van der Waals surface area contributed by atoms with Crippen LogP contribution in [0.1, 0.15) is 6.42 Å². The molecule has 0 saturated carbocycles. The maximum atomic E-state index is 11.9. The Balaban J connectivity index is 2.96. The topological polar surface area (TPSA) is 66.8 Å². The Morgan fingerprint density at radius 1 is 1.32 bits per heavy atom. The lowest BCUT2D eigenvalue weighted by atomic mass is 10.2. The summed E-state index contributed by atoms with van der Waals surface area (Å²) in [6, 6.07) is 4.66. The number of nitrogens with zero attached hydrogens (tertiary/aromatic N) is 1. The van der Waals surface area contributed by atoms with E-state index in [9.17, 15) is 9.59 Å². The van der Waals surface area contributed by atoms with Crippen molar-refractivity contribution in [1.29, 1.82) is 0 Å². The fraction of sp³-hybridized carbons (Fsp3) is 0.333. The van der Waals surface area contributed by atoms with Crippen LogP contribution >= 0.6 is 23.2 Å². The molecule has 0 aliphatic heterocycles. The highest BCUT2D eigenvalue weighted by molar-refractivity contribution is 6.42. The summed E-state index contributed by atoms with van der Waals surface area (Å²) in [4.78, 5) is 23.8.